The normalized spacial score (nSPS) is 24.9. The Balaban J connectivity index is 1.17. The highest BCUT2D eigenvalue weighted by Crippen LogP contribution is 2.64. The van der Waals surface area contributed by atoms with Gasteiger partial charge in [0.2, 0.25) is 11.8 Å². The van der Waals surface area contributed by atoms with Crippen molar-refractivity contribution in [2.75, 3.05) is 17.4 Å². The second-order valence-electron chi connectivity index (χ2n) is 15.4. The number of aryl methyl sites for hydroxylation is 1. The maximum atomic E-state index is 15.4. The molecule has 0 spiro atoms. The van der Waals surface area contributed by atoms with E-state index in [4.69, 9.17) is 4.74 Å². The summed E-state index contributed by atoms with van der Waals surface area (Å²) in [6.45, 7) is 1.95. The third-order valence-corrected chi connectivity index (χ3v) is 13.0. The van der Waals surface area contributed by atoms with Gasteiger partial charge in [0.15, 0.2) is 17.3 Å². The largest absolute Gasteiger partial charge is 0.503 e. The number of nitrogens with zero attached hydrogens (tertiary/aromatic N) is 2. The van der Waals surface area contributed by atoms with Crippen molar-refractivity contribution in [2.24, 2.45) is 23.7 Å². The number of anilines is 2. The summed E-state index contributed by atoms with van der Waals surface area (Å²) in [5, 5.41) is 12.1. The molecule has 290 valence electrons. The number of amides is 4. The monoisotopic (exact) mass is 835 g/mol. The molecule has 4 amide bonds. The van der Waals surface area contributed by atoms with Crippen LogP contribution in [-0.4, -0.2) is 46.6 Å². The number of allylic oxidation sites excluding steroid dienone is 2. The lowest BCUT2D eigenvalue weighted by Crippen LogP contribution is -2.53. The molecule has 0 bridgehead atoms. The van der Waals surface area contributed by atoms with Gasteiger partial charge < -0.3 is 9.84 Å². The first-order chi connectivity index (χ1) is 28.0. The summed E-state index contributed by atoms with van der Waals surface area (Å²) in [7, 11) is 1.44. The average Bonchev–Trinajstić information content (AvgIpc) is 3.63. The van der Waals surface area contributed by atoms with Gasteiger partial charge in [0.05, 0.1) is 46.1 Å². The minimum Gasteiger partial charge on any atom is -0.503 e. The van der Waals surface area contributed by atoms with E-state index < -0.39 is 52.7 Å². The Morgan fingerprint density at radius 3 is 2.14 bits per heavy atom. The lowest BCUT2D eigenvalue weighted by molar-refractivity contribution is -0.138. The molecule has 10 nitrogen and oxygen atoms in total. The van der Waals surface area contributed by atoms with E-state index in [-0.39, 0.29) is 36.0 Å². The van der Waals surface area contributed by atoms with Crippen molar-refractivity contribution in [1.82, 2.24) is 5.01 Å². The first kappa shape index (κ1) is 37.3. The number of ketones is 1. The third-order valence-electron chi connectivity index (χ3n) is 12.4. The summed E-state index contributed by atoms with van der Waals surface area (Å²) >= 11 is 3.50. The molecule has 2 heterocycles. The molecule has 4 aliphatic rings. The fourth-order valence-corrected chi connectivity index (χ4v) is 10.3. The van der Waals surface area contributed by atoms with Crippen LogP contribution < -0.4 is 15.1 Å². The van der Waals surface area contributed by atoms with Gasteiger partial charge in [0, 0.05) is 17.0 Å². The minimum atomic E-state index is -1.49. The van der Waals surface area contributed by atoms with Crippen LogP contribution >= 0.6 is 15.9 Å². The van der Waals surface area contributed by atoms with Crippen LogP contribution in [0.5, 0.6) is 11.5 Å². The first-order valence-corrected chi connectivity index (χ1v) is 19.9. The average molecular weight is 837 g/mol. The summed E-state index contributed by atoms with van der Waals surface area (Å²) in [6, 6.07) is 35.4. The second-order valence-corrected chi connectivity index (χ2v) is 16.3. The molecule has 0 unspecified atom stereocenters. The molecule has 11 heteroatoms. The summed E-state index contributed by atoms with van der Waals surface area (Å²) in [5.74, 6) is -5.67. The van der Waals surface area contributed by atoms with Crippen molar-refractivity contribution < 1.29 is 33.8 Å². The van der Waals surface area contributed by atoms with Gasteiger partial charge >= 0.3 is 0 Å². The molecule has 2 N–H and O–H groups in total. The Kier molecular flexibility index (Phi) is 9.15. The molecule has 6 atom stereocenters. The standard InChI is InChI=1S/C47H38BrN3O7/c1-26-13-17-31(18-14-26)49-51-44(55)36-25-35-33(40(29-23-37(48)42(53)38(24-29)58-2)47(36,46(51)57)30-11-7-4-8-12-30)21-22-34-39(35)45(56)50(43(34)54)32-19-15-28(16-20-32)41(52)27-9-5-3-6-10-27/h3-21,23-24,34-36,39-40,49,53H,22,25H2,1-2H3/t34-,35+,36-,39-,40-,47+/m0/s1. The number of ether oxygens (including phenoxy) is 1. The van der Waals surface area contributed by atoms with E-state index >= 15 is 4.79 Å². The predicted octanol–water partition coefficient (Wildman–Crippen LogP) is 7.89. The predicted molar refractivity (Wildman–Crippen MR) is 220 cm³/mol. The number of carbonyl (C=O) groups excluding carboxylic acids is 5. The molecule has 58 heavy (non-hydrogen) atoms. The maximum Gasteiger partial charge on any atom is 0.260 e. The number of hydrazine groups is 1. The highest BCUT2D eigenvalue weighted by molar-refractivity contribution is 9.10. The van der Waals surface area contributed by atoms with Crippen LogP contribution in [0.3, 0.4) is 0 Å². The van der Waals surface area contributed by atoms with E-state index in [1.165, 1.54) is 12.0 Å². The molecule has 0 aromatic heterocycles. The summed E-state index contributed by atoms with van der Waals surface area (Å²) in [4.78, 5) is 73.9. The highest BCUT2D eigenvalue weighted by atomic mass is 79.9. The number of hydrogen-bond donors (Lipinski definition) is 2. The molecule has 1 saturated carbocycles. The van der Waals surface area contributed by atoms with Crippen LogP contribution in [-0.2, 0) is 24.6 Å². The molecule has 0 radical (unpaired) electrons. The number of methoxy groups -OCH3 is 1. The molecule has 9 rings (SSSR count). The SMILES string of the molecule is COc1cc([C@H]2C3=CC[C@@H]4C(=O)N(c5ccc(C(=O)c6ccccc6)cc5)C(=O)[C@@H]4[C@@H]3C[C@H]3C(=O)N(Nc4ccc(C)cc4)C(=O)[C@@]23c2ccccc2)cc(Br)c1O. The minimum absolute atomic E-state index is 0.123. The fraction of sp³-hybridized carbons (Fsp3) is 0.213. The molecule has 2 aliphatic carbocycles. The van der Waals surface area contributed by atoms with Crippen LogP contribution in [0.2, 0.25) is 0 Å². The van der Waals surface area contributed by atoms with Gasteiger partial charge in [-0.15, -0.1) is 0 Å². The van der Waals surface area contributed by atoms with Gasteiger partial charge in [-0.2, -0.15) is 5.01 Å². The van der Waals surface area contributed by atoms with E-state index in [0.717, 1.165) is 16.1 Å². The lowest BCUT2D eigenvalue weighted by atomic mass is 9.49. The van der Waals surface area contributed by atoms with E-state index in [2.05, 4.69) is 21.4 Å². The molecular formula is C47H38BrN3O7. The molecule has 5 aromatic carbocycles. The van der Waals surface area contributed by atoms with Gasteiger partial charge in [-0.3, -0.25) is 34.3 Å². The molecule has 3 fully saturated rings. The van der Waals surface area contributed by atoms with Gasteiger partial charge in [0.25, 0.3) is 11.8 Å². The summed E-state index contributed by atoms with van der Waals surface area (Å²) in [6.07, 6.45) is 2.34. The number of halogens is 1. The number of hydrogen-bond acceptors (Lipinski definition) is 8. The summed E-state index contributed by atoms with van der Waals surface area (Å²) < 4.78 is 5.94. The number of carbonyl (C=O) groups is 5. The van der Waals surface area contributed by atoms with E-state index in [1.54, 1.807) is 72.8 Å². The van der Waals surface area contributed by atoms with Crippen molar-refractivity contribution in [3.05, 3.63) is 165 Å². The third kappa shape index (κ3) is 5.62. The highest BCUT2D eigenvalue weighted by Gasteiger charge is 2.70. The van der Waals surface area contributed by atoms with Crippen molar-refractivity contribution in [3.63, 3.8) is 0 Å². The topological polar surface area (TPSA) is 133 Å². The smallest absolute Gasteiger partial charge is 0.260 e. The van der Waals surface area contributed by atoms with Crippen molar-refractivity contribution >= 4 is 56.7 Å². The number of phenolic OH excluding ortho intramolecular Hbond substituents is 1. The summed E-state index contributed by atoms with van der Waals surface area (Å²) in [5.41, 5.74) is 6.49. The zero-order valence-electron chi connectivity index (χ0n) is 31.6. The van der Waals surface area contributed by atoms with Gasteiger partial charge in [-0.05, 0) is 101 Å². The van der Waals surface area contributed by atoms with Crippen molar-refractivity contribution in [2.45, 2.75) is 31.1 Å². The first-order valence-electron chi connectivity index (χ1n) is 19.2. The van der Waals surface area contributed by atoms with Crippen LogP contribution in [0, 0.1) is 30.6 Å². The van der Waals surface area contributed by atoms with E-state index in [9.17, 15) is 24.3 Å². The van der Waals surface area contributed by atoms with E-state index in [1.807, 2.05) is 61.5 Å². The number of fused-ring (bicyclic) bond motifs is 4. The molecular weight excluding hydrogens is 798 g/mol. The van der Waals surface area contributed by atoms with E-state index in [0.29, 0.717) is 38.1 Å². The lowest BCUT2D eigenvalue weighted by Gasteiger charge is -2.50. The Hall–Kier alpha value is -6.33. The van der Waals surface area contributed by atoms with Crippen LogP contribution in [0.15, 0.2) is 137 Å². The zero-order chi connectivity index (χ0) is 40.5. The number of phenols is 1. The van der Waals surface area contributed by atoms with Crippen LogP contribution in [0.25, 0.3) is 0 Å². The number of imide groups is 2. The Morgan fingerprint density at radius 1 is 0.810 bits per heavy atom. The van der Waals surface area contributed by atoms with Crippen molar-refractivity contribution in [3.8, 4) is 11.5 Å². The molecule has 5 aromatic rings. The quantitative estimate of drug-likeness (QED) is 0.0917. The number of benzene rings is 5. The van der Waals surface area contributed by atoms with Crippen molar-refractivity contribution in [1.29, 1.82) is 0 Å². The number of rotatable bonds is 8. The van der Waals surface area contributed by atoms with Gasteiger partial charge in [-0.1, -0.05) is 90.0 Å². The van der Waals surface area contributed by atoms with Crippen LogP contribution in [0.4, 0.5) is 11.4 Å². The Bertz CT molecular complexity index is 2540. The Labute approximate surface area is 343 Å². The molecule has 2 aliphatic heterocycles. The fourth-order valence-electron chi connectivity index (χ4n) is 9.81. The maximum absolute atomic E-state index is 15.4. The van der Waals surface area contributed by atoms with Gasteiger partial charge in [-0.25, -0.2) is 0 Å². The number of aromatic hydroxyl groups is 1. The number of nitrogens with one attached hydrogen (secondary N) is 1. The molecule has 2 saturated heterocycles. The Morgan fingerprint density at radius 2 is 1.47 bits per heavy atom. The zero-order valence-corrected chi connectivity index (χ0v) is 33.2. The van der Waals surface area contributed by atoms with Crippen LogP contribution in [0.1, 0.15) is 51.4 Å². The second kappa shape index (κ2) is 14.2. The van der Waals surface area contributed by atoms with Gasteiger partial charge in [0.1, 0.15) is 0 Å².